The highest BCUT2D eigenvalue weighted by Gasteiger charge is 2.16. The van der Waals surface area contributed by atoms with Crippen LogP contribution in [0.3, 0.4) is 0 Å². The van der Waals surface area contributed by atoms with E-state index >= 15 is 0 Å². The third kappa shape index (κ3) is 2.48. The van der Waals surface area contributed by atoms with E-state index in [-0.39, 0.29) is 5.56 Å². The maximum Gasteiger partial charge on any atom is 0.259 e. The second kappa shape index (κ2) is 6.07. The van der Waals surface area contributed by atoms with E-state index in [2.05, 4.69) is 15.9 Å². The highest BCUT2D eigenvalue weighted by molar-refractivity contribution is 9.10. The fraction of sp³-hybridized carbons (Fsp3) is 0.100. The van der Waals surface area contributed by atoms with Gasteiger partial charge < -0.3 is 10.3 Å². The number of hydrogen-bond acceptors (Lipinski definition) is 2. The Kier molecular flexibility index (Phi) is 3.97. The Hall–Kier alpha value is -2.44. The van der Waals surface area contributed by atoms with Crippen LogP contribution in [0.1, 0.15) is 5.56 Å². The third-order valence-corrected chi connectivity index (χ3v) is 5.55. The molecule has 0 spiro atoms. The van der Waals surface area contributed by atoms with E-state index in [1.165, 1.54) is 0 Å². The molecule has 0 amide bonds. The van der Waals surface area contributed by atoms with Crippen molar-refractivity contribution in [2.45, 2.75) is 0 Å². The molecule has 0 saturated heterocycles. The van der Waals surface area contributed by atoms with Gasteiger partial charge in [-0.15, -0.1) is 0 Å². The number of aryl methyl sites for hydroxylation is 2. The Morgan fingerprint density at radius 1 is 1.00 bits per heavy atom. The highest BCUT2D eigenvalue weighted by Crippen LogP contribution is 2.31. The van der Waals surface area contributed by atoms with Gasteiger partial charge in [-0.2, -0.15) is 0 Å². The second-order valence-electron chi connectivity index (χ2n) is 6.32. The molecule has 4 nitrogen and oxygen atoms in total. The van der Waals surface area contributed by atoms with Crippen LogP contribution in [-0.4, -0.2) is 14.1 Å². The number of nitrogens with zero attached hydrogens (tertiary/aromatic N) is 2. The summed E-state index contributed by atoms with van der Waals surface area (Å²) in [5, 5.41) is 2.03. The van der Waals surface area contributed by atoms with Gasteiger partial charge in [0.2, 0.25) is 0 Å². The van der Waals surface area contributed by atoms with Crippen molar-refractivity contribution in [3.8, 4) is 11.1 Å². The summed E-state index contributed by atoms with van der Waals surface area (Å²) in [4.78, 5) is 13.3. The number of thiocarbonyl (C=S) groups is 1. The molecule has 0 radical (unpaired) electrons. The Bertz CT molecular complexity index is 1250. The second-order valence-corrected chi connectivity index (χ2v) is 7.68. The van der Waals surface area contributed by atoms with E-state index in [1.807, 2.05) is 60.1 Å². The molecule has 2 aromatic heterocycles. The summed E-state index contributed by atoms with van der Waals surface area (Å²) in [7, 11) is 3.77. The van der Waals surface area contributed by atoms with Crippen molar-refractivity contribution in [3.05, 3.63) is 68.9 Å². The van der Waals surface area contributed by atoms with Crippen molar-refractivity contribution in [2.75, 3.05) is 0 Å². The lowest BCUT2D eigenvalue weighted by atomic mass is 10.0. The standard InChI is InChI=1S/C20H16BrN3OS/c1-23-17-8-5-12(18(22)26)9-15(17)16-10-14(20(25)24(2)19(16)23)11-3-6-13(21)7-4-11/h3-10H,1-2H3,(H2,22,26). The van der Waals surface area contributed by atoms with Crippen LogP contribution in [0.5, 0.6) is 0 Å². The monoisotopic (exact) mass is 425 g/mol. The molecule has 0 bridgehead atoms. The van der Waals surface area contributed by atoms with Gasteiger partial charge in [-0.1, -0.05) is 40.3 Å². The van der Waals surface area contributed by atoms with Gasteiger partial charge in [0.25, 0.3) is 5.56 Å². The molecule has 2 N–H and O–H groups in total. The van der Waals surface area contributed by atoms with E-state index in [0.717, 1.165) is 37.5 Å². The number of rotatable bonds is 2. The number of halogens is 1. The zero-order valence-electron chi connectivity index (χ0n) is 14.3. The molecule has 2 heterocycles. The van der Waals surface area contributed by atoms with Gasteiger partial charge in [0.15, 0.2) is 0 Å². The largest absolute Gasteiger partial charge is 0.389 e. The summed E-state index contributed by atoms with van der Waals surface area (Å²) in [6.45, 7) is 0. The van der Waals surface area contributed by atoms with Crippen LogP contribution in [0.4, 0.5) is 0 Å². The van der Waals surface area contributed by atoms with Crippen LogP contribution in [-0.2, 0) is 14.1 Å². The molecule has 4 aromatic rings. The first-order valence-corrected chi connectivity index (χ1v) is 9.26. The van der Waals surface area contributed by atoms with Crippen LogP contribution in [0, 0.1) is 0 Å². The SMILES string of the molecule is Cn1c(=O)c(-c2ccc(Br)cc2)cc2c3cc(C(N)=S)ccc3n(C)c21. The van der Waals surface area contributed by atoms with Gasteiger partial charge in [0.05, 0.1) is 5.52 Å². The van der Waals surface area contributed by atoms with E-state index in [9.17, 15) is 4.79 Å². The van der Waals surface area contributed by atoms with Crippen molar-refractivity contribution in [3.63, 3.8) is 0 Å². The molecule has 2 aromatic carbocycles. The number of aromatic nitrogens is 2. The Morgan fingerprint density at radius 3 is 2.35 bits per heavy atom. The first kappa shape index (κ1) is 17.0. The van der Waals surface area contributed by atoms with Gasteiger partial charge in [-0.25, -0.2) is 0 Å². The van der Waals surface area contributed by atoms with E-state index < -0.39 is 0 Å². The first-order valence-electron chi connectivity index (χ1n) is 8.06. The number of benzene rings is 2. The summed E-state index contributed by atoms with van der Waals surface area (Å²) in [6, 6.07) is 15.6. The summed E-state index contributed by atoms with van der Waals surface area (Å²) >= 11 is 8.56. The minimum Gasteiger partial charge on any atom is -0.389 e. The predicted octanol–water partition coefficient (Wildman–Crippen LogP) is 4.09. The molecule has 130 valence electrons. The molecular formula is C20H16BrN3OS. The molecule has 0 unspecified atom stereocenters. The first-order chi connectivity index (χ1) is 12.4. The van der Waals surface area contributed by atoms with Crippen molar-refractivity contribution in [1.82, 2.24) is 9.13 Å². The predicted molar refractivity (Wildman–Crippen MR) is 115 cm³/mol. The Balaban J connectivity index is 2.13. The molecule has 0 fully saturated rings. The molecule has 4 rings (SSSR count). The van der Waals surface area contributed by atoms with Crippen molar-refractivity contribution < 1.29 is 0 Å². The molecule has 0 aliphatic heterocycles. The molecule has 0 saturated carbocycles. The third-order valence-electron chi connectivity index (χ3n) is 4.79. The van der Waals surface area contributed by atoms with E-state index in [1.54, 1.807) is 11.6 Å². The summed E-state index contributed by atoms with van der Waals surface area (Å²) in [5.41, 5.74) is 10.1. The summed E-state index contributed by atoms with van der Waals surface area (Å²) in [5.74, 6) is 0. The molecular weight excluding hydrogens is 410 g/mol. The molecule has 0 aliphatic carbocycles. The number of nitrogens with two attached hydrogens (primary N) is 1. The highest BCUT2D eigenvalue weighted by atomic mass is 79.9. The minimum atomic E-state index is -0.0275. The van der Waals surface area contributed by atoms with Crippen LogP contribution in [0.25, 0.3) is 33.1 Å². The fourth-order valence-corrected chi connectivity index (χ4v) is 3.87. The van der Waals surface area contributed by atoms with Crippen molar-refractivity contribution in [1.29, 1.82) is 0 Å². The lowest BCUT2D eigenvalue weighted by Gasteiger charge is -2.08. The van der Waals surface area contributed by atoms with Crippen LogP contribution >= 0.6 is 28.1 Å². The topological polar surface area (TPSA) is 52.9 Å². The average Bonchev–Trinajstić information content (AvgIpc) is 2.91. The van der Waals surface area contributed by atoms with Gasteiger partial charge >= 0.3 is 0 Å². The van der Waals surface area contributed by atoms with Crippen molar-refractivity contribution >= 4 is 55.1 Å². The minimum absolute atomic E-state index is 0.0275. The molecule has 0 aliphatic rings. The van der Waals surface area contributed by atoms with Gasteiger partial charge in [0.1, 0.15) is 10.6 Å². The van der Waals surface area contributed by atoms with Crippen LogP contribution < -0.4 is 11.3 Å². The molecule has 26 heavy (non-hydrogen) atoms. The molecule has 6 heteroatoms. The Morgan fingerprint density at radius 2 is 1.69 bits per heavy atom. The number of fused-ring (bicyclic) bond motifs is 3. The fourth-order valence-electron chi connectivity index (χ4n) is 3.48. The zero-order chi connectivity index (χ0) is 18.6. The van der Waals surface area contributed by atoms with Gasteiger partial charge in [0, 0.05) is 40.5 Å². The lowest BCUT2D eigenvalue weighted by Crippen LogP contribution is -2.20. The lowest BCUT2D eigenvalue weighted by molar-refractivity contribution is 0.846. The average molecular weight is 426 g/mol. The van der Waals surface area contributed by atoms with E-state index in [0.29, 0.717) is 10.6 Å². The van der Waals surface area contributed by atoms with Crippen LogP contribution in [0.2, 0.25) is 0 Å². The molecule has 0 atom stereocenters. The van der Waals surface area contributed by atoms with Gasteiger partial charge in [-0.3, -0.25) is 9.36 Å². The van der Waals surface area contributed by atoms with Gasteiger partial charge in [-0.05, 0) is 42.0 Å². The maximum atomic E-state index is 13.0. The number of hydrogen-bond donors (Lipinski definition) is 1. The normalized spacial score (nSPS) is 11.3. The Labute approximate surface area is 164 Å². The van der Waals surface area contributed by atoms with E-state index in [4.69, 9.17) is 18.0 Å². The quantitative estimate of drug-likeness (QED) is 0.492. The maximum absolute atomic E-state index is 13.0. The smallest absolute Gasteiger partial charge is 0.259 e. The van der Waals surface area contributed by atoms with Crippen LogP contribution in [0.15, 0.2) is 57.8 Å². The summed E-state index contributed by atoms with van der Waals surface area (Å²) in [6.07, 6.45) is 0. The zero-order valence-corrected chi connectivity index (χ0v) is 16.7. The summed E-state index contributed by atoms with van der Waals surface area (Å²) < 4.78 is 4.71. The van der Waals surface area contributed by atoms with Crippen molar-refractivity contribution in [2.24, 2.45) is 19.8 Å². The number of pyridine rings is 1.